The highest BCUT2D eigenvalue weighted by molar-refractivity contribution is 6.06. The Morgan fingerprint density at radius 1 is 0.906 bits per heavy atom. The van der Waals surface area contributed by atoms with Crippen LogP contribution in [0.2, 0.25) is 0 Å². The molecule has 0 spiro atoms. The fourth-order valence-corrected chi connectivity index (χ4v) is 5.12. The Bertz CT molecular complexity index is 1220. The third-order valence-corrected chi connectivity index (χ3v) is 6.82. The predicted octanol–water partition coefficient (Wildman–Crippen LogP) is 3.08. The number of anilines is 1. The van der Waals surface area contributed by atoms with Crippen molar-refractivity contribution in [1.82, 2.24) is 34.8 Å². The van der Waals surface area contributed by atoms with Gasteiger partial charge >= 0.3 is 0 Å². The van der Waals surface area contributed by atoms with E-state index in [1.54, 1.807) is 0 Å². The Morgan fingerprint density at radius 2 is 1.72 bits per heavy atom. The Kier molecular flexibility index (Phi) is 5.15. The molecule has 4 aromatic rings. The van der Waals surface area contributed by atoms with Crippen molar-refractivity contribution >= 4 is 27.9 Å². The van der Waals surface area contributed by atoms with Crippen molar-refractivity contribution in [3.05, 3.63) is 48.4 Å². The molecule has 0 amide bonds. The molecule has 2 fully saturated rings. The molecule has 1 N–H and O–H groups in total. The van der Waals surface area contributed by atoms with Crippen LogP contribution < -0.4 is 10.2 Å². The molecule has 0 bridgehead atoms. The summed E-state index contributed by atoms with van der Waals surface area (Å²) in [5.74, 6) is 1.70. The van der Waals surface area contributed by atoms with Gasteiger partial charge in [0, 0.05) is 74.2 Å². The highest BCUT2D eigenvalue weighted by atomic mass is 15.3. The lowest BCUT2D eigenvalue weighted by Gasteiger charge is -2.27. The summed E-state index contributed by atoms with van der Waals surface area (Å²) in [7, 11) is 0. The van der Waals surface area contributed by atoms with Gasteiger partial charge in [0.25, 0.3) is 0 Å². The number of aryl methyl sites for hydroxylation is 2. The van der Waals surface area contributed by atoms with Gasteiger partial charge in [-0.3, -0.25) is 4.98 Å². The molecule has 8 nitrogen and oxygen atoms in total. The molecule has 1 saturated carbocycles. The number of fused-ring (bicyclic) bond motifs is 3. The van der Waals surface area contributed by atoms with Crippen LogP contribution in [0.25, 0.3) is 21.9 Å². The summed E-state index contributed by atoms with van der Waals surface area (Å²) >= 11 is 0. The fraction of sp³-hybridized carbons (Fsp3) is 0.458. The number of nitrogens with one attached hydrogen (secondary N) is 1. The maximum absolute atomic E-state index is 5.03. The zero-order valence-electron chi connectivity index (χ0n) is 18.2. The third kappa shape index (κ3) is 3.58. The molecule has 0 radical (unpaired) electrons. The number of hydrogen-bond donors (Lipinski definition) is 1. The van der Waals surface area contributed by atoms with Crippen LogP contribution in [0.1, 0.15) is 43.1 Å². The topological polar surface area (TPSA) is 84.7 Å². The van der Waals surface area contributed by atoms with Gasteiger partial charge in [0.1, 0.15) is 11.5 Å². The largest absolute Gasteiger partial charge is 0.338 e. The van der Waals surface area contributed by atoms with Crippen molar-refractivity contribution in [1.29, 1.82) is 0 Å². The van der Waals surface area contributed by atoms with Gasteiger partial charge in [-0.1, -0.05) is 12.8 Å². The minimum Gasteiger partial charge on any atom is -0.338 e. The molecule has 4 aromatic heterocycles. The van der Waals surface area contributed by atoms with Crippen LogP contribution in [0.3, 0.4) is 0 Å². The minimum absolute atomic E-state index is 0.507. The summed E-state index contributed by atoms with van der Waals surface area (Å²) in [5, 5.41) is 5.69. The van der Waals surface area contributed by atoms with E-state index in [0.29, 0.717) is 6.04 Å². The maximum Gasteiger partial charge on any atom is 0.225 e. The van der Waals surface area contributed by atoms with Crippen LogP contribution in [-0.2, 0) is 12.8 Å². The summed E-state index contributed by atoms with van der Waals surface area (Å²) in [6.45, 7) is 3.88. The van der Waals surface area contributed by atoms with Crippen molar-refractivity contribution in [2.45, 2.75) is 44.6 Å². The van der Waals surface area contributed by atoms with E-state index in [1.807, 2.05) is 31.0 Å². The monoisotopic (exact) mass is 428 g/mol. The van der Waals surface area contributed by atoms with Gasteiger partial charge in [0.2, 0.25) is 5.95 Å². The molecule has 0 aromatic carbocycles. The molecule has 8 heteroatoms. The van der Waals surface area contributed by atoms with E-state index in [2.05, 4.69) is 35.8 Å². The third-order valence-electron chi connectivity index (χ3n) is 6.82. The van der Waals surface area contributed by atoms with Crippen LogP contribution in [0.4, 0.5) is 5.95 Å². The average Bonchev–Trinajstić information content (AvgIpc) is 3.49. The Morgan fingerprint density at radius 3 is 2.53 bits per heavy atom. The van der Waals surface area contributed by atoms with Crippen LogP contribution in [-0.4, -0.2) is 55.7 Å². The van der Waals surface area contributed by atoms with Crippen LogP contribution in [0, 0.1) is 0 Å². The first-order chi connectivity index (χ1) is 15.9. The zero-order chi connectivity index (χ0) is 21.3. The lowest BCUT2D eigenvalue weighted by atomic mass is 10.2. The summed E-state index contributed by atoms with van der Waals surface area (Å²) < 4.78 is 2.42. The van der Waals surface area contributed by atoms with Crippen LogP contribution in [0.5, 0.6) is 0 Å². The summed E-state index contributed by atoms with van der Waals surface area (Å²) in [6.07, 6.45) is 16.3. The van der Waals surface area contributed by atoms with Gasteiger partial charge < -0.3 is 14.8 Å². The molecule has 6 rings (SSSR count). The predicted molar refractivity (Wildman–Crippen MR) is 125 cm³/mol. The van der Waals surface area contributed by atoms with Gasteiger partial charge in [0.05, 0.1) is 11.7 Å². The normalized spacial score (nSPS) is 17.6. The lowest BCUT2D eigenvalue weighted by molar-refractivity contribution is 0.545. The second kappa shape index (κ2) is 8.43. The zero-order valence-corrected chi connectivity index (χ0v) is 18.2. The number of aromatic nitrogens is 6. The number of hydrogen-bond acceptors (Lipinski definition) is 7. The van der Waals surface area contributed by atoms with Crippen LogP contribution in [0.15, 0.2) is 37.1 Å². The molecule has 1 aliphatic carbocycles. The van der Waals surface area contributed by atoms with Gasteiger partial charge in [0.15, 0.2) is 0 Å². The Hall–Kier alpha value is -3.13. The van der Waals surface area contributed by atoms with E-state index in [1.165, 1.54) is 36.6 Å². The van der Waals surface area contributed by atoms with Crippen molar-refractivity contribution in [2.24, 2.45) is 0 Å². The van der Waals surface area contributed by atoms with Crippen LogP contribution >= 0.6 is 0 Å². The molecular formula is C24H28N8. The highest BCUT2D eigenvalue weighted by Gasteiger charge is 2.23. The Labute approximate surface area is 187 Å². The van der Waals surface area contributed by atoms with E-state index >= 15 is 0 Å². The van der Waals surface area contributed by atoms with Gasteiger partial charge in [-0.25, -0.2) is 19.9 Å². The van der Waals surface area contributed by atoms with E-state index in [-0.39, 0.29) is 0 Å². The van der Waals surface area contributed by atoms with E-state index in [9.17, 15) is 0 Å². The van der Waals surface area contributed by atoms with Gasteiger partial charge in [-0.2, -0.15) is 0 Å². The molecule has 1 aliphatic heterocycles. The van der Waals surface area contributed by atoms with Crippen molar-refractivity contribution < 1.29 is 0 Å². The van der Waals surface area contributed by atoms with E-state index < -0.39 is 0 Å². The number of piperazine rings is 1. The standard InChI is InChI=1S/C24H28N8/c1-2-4-18(3-1)32-21-16-26-8-7-19(21)20-15-27-22(30-23(20)32)6-5-17-13-28-24(29-14-17)31-11-9-25-10-12-31/h7-8,13-16,18,25H,1-6,9-12H2. The lowest BCUT2D eigenvalue weighted by Crippen LogP contribution is -2.44. The molecule has 32 heavy (non-hydrogen) atoms. The molecule has 0 atom stereocenters. The second-order valence-electron chi connectivity index (χ2n) is 8.85. The first-order valence-electron chi connectivity index (χ1n) is 11.7. The van der Waals surface area contributed by atoms with E-state index in [4.69, 9.17) is 9.97 Å². The summed E-state index contributed by atoms with van der Waals surface area (Å²) in [5.41, 5.74) is 3.35. The molecular weight excluding hydrogens is 400 g/mol. The number of pyridine rings is 1. The minimum atomic E-state index is 0.507. The van der Waals surface area contributed by atoms with Gasteiger partial charge in [-0.15, -0.1) is 0 Å². The fourth-order valence-electron chi connectivity index (χ4n) is 5.12. The SMILES string of the molecule is c1cc2c3cnc(CCc4cnc(N5CCNCC5)nc4)nc3n(C3CCCC3)c2cn1. The highest BCUT2D eigenvalue weighted by Crippen LogP contribution is 2.37. The second-order valence-corrected chi connectivity index (χ2v) is 8.85. The number of rotatable bonds is 5. The molecule has 1 saturated heterocycles. The maximum atomic E-state index is 5.03. The van der Waals surface area contributed by atoms with Gasteiger partial charge in [-0.05, 0) is 30.9 Å². The first kappa shape index (κ1) is 19.5. The summed E-state index contributed by atoms with van der Waals surface area (Å²) in [4.78, 5) is 25.5. The van der Waals surface area contributed by atoms with Crippen molar-refractivity contribution in [2.75, 3.05) is 31.1 Å². The smallest absolute Gasteiger partial charge is 0.225 e. The Balaban J connectivity index is 1.25. The first-order valence-corrected chi connectivity index (χ1v) is 11.7. The van der Waals surface area contributed by atoms with Crippen molar-refractivity contribution in [3.63, 3.8) is 0 Å². The molecule has 5 heterocycles. The molecule has 0 unspecified atom stereocenters. The van der Waals surface area contributed by atoms with Crippen molar-refractivity contribution in [3.8, 4) is 0 Å². The van der Waals surface area contributed by atoms with E-state index in [0.717, 1.165) is 67.4 Å². The average molecular weight is 429 g/mol. The molecule has 164 valence electrons. The number of nitrogens with zero attached hydrogens (tertiary/aromatic N) is 7. The molecule has 2 aliphatic rings. The summed E-state index contributed by atoms with van der Waals surface area (Å²) in [6, 6.07) is 2.59. The quantitative estimate of drug-likeness (QED) is 0.523.